The predicted molar refractivity (Wildman–Crippen MR) is 145 cm³/mol. The van der Waals surface area contributed by atoms with Gasteiger partial charge in [-0.2, -0.15) is 13.2 Å². The highest BCUT2D eigenvalue weighted by atomic mass is 35.5. The molecule has 2 amide bonds. The number of piperidine rings is 1. The van der Waals surface area contributed by atoms with E-state index in [0.29, 0.717) is 22.9 Å². The number of carbonyl (C=O) groups excluding carboxylic acids is 2. The van der Waals surface area contributed by atoms with Crippen molar-refractivity contribution in [2.75, 3.05) is 45.7 Å². The number of amides is 2. The maximum absolute atomic E-state index is 13.9. The van der Waals surface area contributed by atoms with Gasteiger partial charge in [-0.05, 0) is 61.6 Å². The van der Waals surface area contributed by atoms with Crippen LogP contribution in [0.25, 0.3) is 0 Å². The number of hydrogen-bond donors (Lipinski definition) is 1. The molecule has 212 valence electrons. The maximum atomic E-state index is 13.9. The number of carbonyl (C=O) groups is 2. The summed E-state index contributed by atoms with van der Waals surface area (Å²) in [6.45, 7) is 1.76. The molecule has 1 aliphatic carbocycles. The molecule has 1 aliphatic heterocycles. The average molecular weight is 566 g/mol. The van der Waals surface area contributed by atoms with E-state index in [9.17, 15) is 27.9 Å². The van der Waals surface area contributed by atoms with Crippen molar-refractivity contribution in [1.82, 2.24) is 9.80 Å². The lowest BCUT2D eigenvalue weighted by Gasteiger charge is -2.55. The van der Waals surface area contributed by atoms with Crippen molar-refractivity contribution in [3.05, 3.63) is 64.7 Å². The normalized spacial score (nSPS) is 20.2. The molecule has 6 nitrogen and oxygen atoms in total. The molecule has 1 spiro atoms. The Kier molecular flexibility index (Phi) is 8.24. The number of alkyl halides is 3. The summed E-state index contributed by atoms with van der Waals surface area (Å²) in [5.74, 6) is -1.21. The van der Waals surface area contributed by atoms with Crippen LogP contribution in [0, 0.1) is 11.3 Å². The van der Waals surface area contributed by atoms with Crippen LogP contribution in [-0.2, 0) is 10.4 Å². The van der Waals surface area contributed by atoms with Gasteiger partial charge in [0, 0.05) is 52.0 Å². The highest BCUT2D eigenvalue weighted by Crippen LogP contribution is 2.55. The number of anilines is 1. The molecular formula is C29H35ClF3N3O3. The SMILES string of the molecule is CN(C)C(=O)c1ccc(N2CCC3(CCC3CCN(C)C(=O)[C@](O)(c3ccccc3)C(F)(F)F)CC2)cc1Cl. The molecular weight excluding hydrogens is 531 g/mol. The second-order valence-electron chi connectivity index (χ2n) is 11.0. The lowest BCUT2D eigenvalue weighted by molar-refractivity contribution is -0.261. The molecule has 1 N–H and O–H groups in total. The van der Waals surface area contributed by atoms with Gasteiger partial charge in [0.25, 0.3) is 17.4 Å². The van der Waals surface area contributed by atoms with E-state index in [1.54, 1.807) is 20.2 Å². The van der Waals surface area contributed by atoms with E-state index in [0.717, 1.165) is 61.5 Å². The van der Waals surface area contributed by atoms with Crippen molar-refractivity contribution in [2.45, 2.75) is 43.9 Å². The topological polar surface area (TPSA) is 64.1 Å². The Balaban J connectivity index is 1.36. The summed E-state index contributed by atoms with van der Waals surface area (Å²) in [4.78, 5) is 30.0. The molecule has 2 aromatic rings. The van der Waals surface area contributed by atoms with Crippen LogP contribution in [-0.4, -0.2) is 73.7 Å². The monoisotopic (exact) mass is 565 g/mol. The Labute approximate surface area is 232 Å². The molecule has 1 saturated heterocycles. The molecule has 4 rings (SSSR count). The number of benzene rings is 2. The fourth-order valence-corrected chi connectivity index (χ4v) is 6.26. The Morgan fingerprint density at radius 2 is 1.69 bits per heavy atom. The standard InChI is InChI=1S/C29H35ClF3N3O3/c1-34(2)25(37)23-10-9-22(19-24(23)30)36-17-14-27(15-18-36)13-11-20(27)12-16-35(3)26(38)28(39,29(31,32)33)21-7-5-4-6-8-21/h4-10,19-20,39H,11-18H2,1-3H3/t20?,28-/m1/s1. The maximum Gasteiger partial charge on any atom is 0.430 e. The van der Waals surface area contributed by atoms with Gasteiger partial charge in [0.2, 0.25) is 0 Å². The molecule has 2 atom stereocenters. The molecule has 0 aromatic heterocycles. The van der Waals surface area contributed by atoms with Crippen molar-refractivity contribution >= 4 is 29.1 Å². The first-order valence-corrected chi connectivity index (χ1v) is 13.5. The third-order valence-corrected chi connectivity index (χ3v) is 8.95. The van der Waals surface area contributed by atoms with E-state index in [4.69, 9.17) is 11.6 Å². The largest absolute Gasteiger partial charge is 0.430 e. The van der Waals surface area contributed by atoms with Crippen LogP contribution < -0.4 is 4.90 Å². The second-order valence-corrected chi connectivity index (χ2v) is 11.4. The molecule has 0 bridgehead atoms. The minimum absolute atomic E-state index is 0.102. The summed E-state index contributed by atoms with van der Waals surface area (Å²) in [6.07, 6.45) is -0.680. The highest BCUT2D eigenvalue weighted by molar-refractivity contribution is 6.34. The number of hydrogen-bond acceptors (Lipinski definition) is 4. The van der Waals surface area contributed by atoms with Crippen molar-refractivity contribution in [3.8, 4) is 0 Å². The summed E-state index contributed by atoms with van der Waals surface area (Å²) in [7, 11) is 4.68. The molecule has 1 heterocycles. The first-order valence-electron chi connectivity index (χ1n) is 13.2. The van der Waals surface area contributed by atoms with E-state index >= 15 is 0 Å². The van der Waals surface area contributed by atoms with Gasteiger partial charge >= 0.3 is 6.18 Å². The molecule has 1 saturated carbocycles. The Bertz CT molecular complexity index is 1200. The van der Waals surface area contributed by atoms with Crippen molar-refractivity contribution < 1.29 is 27.9 Å². The summed E-state index contributed by atoms with van der Waals surface area (Å²) >= 11 is 6.41. The molecule has 1 unspecified atom stereocenters. The van der Waals surface area contributed by atoms with Gasteiger partial charge < -0.3 is 19.8 Å². The van der Waals surface area contributed by atoms with E-state index in [1.807, 2.05) is 12.1 Å². The summed E-state index contributed by atoms with van der Waals surface area (Å²) in [6, 6.07) is 12.0. The number of halogens is 4. The molecule has 2 aliphatic rings. The minimum atomic E-state index is -5.15. The zero-order chi connectivity index (χ0) is 28.6. The zero-order valence-corrected chi connectivity index (χ0v) is 23.2. The zero-order valence-electron chi connectivity index (χ0n) is 22.5. The molecule has 2 aromatic carbocycles. The van der Waals surface area contributed by atoms with Crippen LogP contribution in [0.3, 0.4) is 0 Å². The molecule has 0 radical (unpaired) electrons. The fraction of sp³-hybridized carbons (Fsp3) is 0.517. The third kappa shape index (κ3) is 5.48. The van der Waals surface area contributed by atoms with Crippen LogP contribution >= 0.6 is 11.6 Å². The Hall–Kier alpha value is -2.78. The molecule has 39 heavy (non-hydrogen) atoms. The average Bonchev–Trinajstić information content (AvgIpc) is 2.91. The molecule has 2 fully saturated rings. The van der Waals surface area contributed by atoms with E-state index in [-0.39, 0.29) is 17.9 Å². The van der Waals surface area contributed by atoms with Crippen LogP contribution in [0.4, 0.5) is 18.9 Å². The number of rotatable bonds is 7. The lowest BCUT2D eigenvalue weighted by Crippen LogP contribution is -2.55. The molecule has 10 heteroatoms. The highest BCUT2D eigenvalue weighted by Gasteiger charge is 2.61. The predicted octanol–water partition coefficient (Wildman–Crippen LogP) is 5.34. The lowest BCUT2D eigenvalue weighted by atomic mass is 9.54. The Morgan fingerprint density at radius 1 is 1.05 bits per heavy atom. The van der Waals surface area contributed by atoms with Gasteiger partial charge in [0.05, 0.1) is 10.6 Å². The number of likely N-dealkylation sites (N-methyl/N-ethyl adjacent to an activating group) is 1. The van der Waals surface area contributed by atoms with Crippen molar-refractivity contribution in [1.29, 1.82) is 0 Å². The quantitative estimate of drug-likeness (QED) is 0.492. The number of nitrogens with zero attached hydrogens (tertiary/aromatic N) is 3. The van der Waals surface area contributed by atoms with Gasteiger partial charge in [-0.25, -0.2) is 0 Å². The van der Waals surface area contributed by atoms with Crippen LogP contribution in [0.5, 0.6) is 0 Å². The first-order chi connectivity index (χ1) is 18.3. The van der Waals surface area contributed by atoms with Gasteiger partial charge in [0.15, 0.2) is 0 Å². The van der Waals surface area contributed by atoms with Gasteiger partial charge in [-0.3, -0.25) is 9.59 Å². The van der Waals surface area contributed by atoms with Crippen LogP contribution in [0.2, 0.25) is 5.02 Å². The fourth-order valence-electron chi connectivity index (χ4n) is 6.01. The van der Waals surface area contributed by atoms with Crippen molar-refractivity contribution in [3.63, 3.8) is 0 Å². The van der Waals surface area contributed by atoms with Gasteiger partial charge in [-0.15, -0.1) is 0 Å². The first kappa shape index (κ1) is 29.2. The summed E-state index contributed by atoms with van der Waals surface area (Å²) < 4.78 is 41.8. The van der Waals surface area contributed by atoms with Crippen LogP contribution in [0.1, 0.15) is 48.0 Å². The van der Waals surface area contributed by atoms with E-state index < -0.39 is 23.2 Å². The minimum Gasteiger partial charge on any atom is -0.371 e. The number of aliphatic hydroxyl groups is 1. The third-order valence-electron chi connectivity index (χ3n) is 8.64. The Morgan fingerprint density at radius 3 is 2.21 bits per heavy atom. The summed E-state index contributed by atoms with van der Waals surface area (Å²) in [5, 5.41) is 11.0. The van der Waals surface area contributed by atoms with E-state index in [2.05, 4.69) is 4.90 Å². The second kappa shape index (κ2) is 11.0. The summed E-state index contributed by atoms with van der Waals surface area (Å²) in [5.41, 5.74) is -2.55. The van der Waals surface area contributed by atoms with Crippen molar-refractivity contribution in [2.24, 2.45) is 11.3 Å². The van der Waals surface area contributed by atoms with E-state index in [1.165, 1.54) is 30.1 Å². The van der Waals surface area contributed by atoms with Gasteiger partial charge in [0.1, 0.15) is 0 Å². The van der Waals surface area contributed by atoms with Gasteiger partial charge in [-0.1, -0.05) is 41.9 Å². The van der Waals surface area contributed by atoms with Crippen LogP contribution in [0.15, 0.2) is 48.5 Å². The smallest absolute Gasteiger partial charge is 0.371 e.